The molecule has 0 radical (unpaired) electrons. The quantitative estimate of drug-likeness (QED) is 0.795. The molecule has 0 fully saturated rings. The first kappa shape index (κ1) is 13.8. The molecule has 3 rings (SSSR count). The molecule has 3 nitrogen and oxygen atoms in total. The maximum atomic E-state index is 12.6. The lowest BCUT2D eigenvalue weighted by atomic mass is 10.0. The largest absolute Gasteiger partial charge is 0.321 e. The zero-order chi connectivity index (χ0) is 14.3. The molecule has 106 valence electrons. The monoisotopic (exact) mass is 308 g/mol. The fourth-order valence-corrected chi connectivity index (χ4v) is 4.05. The van der Waals surface area contributed by atoms with Crippen molar-refractivity contribution < 1.29 is 4.79 Å². The van der Waals surface area contributed by atoms with E-state index in [4.69, 9.17) is 11.6 Å². The van der Waals surface area contributed by atoms with E-state index in [9.17, 15) is 4.79 Å². The number of rotatable bonds is 3. The molecule has 1 atom stereocenters. The molecule has 0 saturated carbocycles. The van der Waals surface area contributed by atoms with E-state index in [0.717, 1.165) is 23.5 Å². The number of fused-ring (bicyclic) bond motifs is 1. The van der Waals surface area contributed by atoms with Gasteiger partial charge >= 0.3 is 0 Å². The zero-order valence-electron chi connectivity index (χ0n) is 11.6. The normalized spacial score (nSPS) is 15.9. The topological polar surface area (TPSA) is 34.9 Å². The van der Waals surface area contributed by atoms with Crippen LogP contribution in [0.4, 0.5) is 0 Å². The van der Waals surface area contributed by atoms with Gasteiger partial charge in [0.15, 0.2) is 5.78 Å². The summed E-state index contributed by atoms with van der Waals surface area (Å²) in [5.74, 6) is 1.07. The van der Waals surface area contributed by atoms with E-state index in [2.05, 4.69) is 9.55 Å². The summed E-state index contributed by atoms with van der Waals surface area (Å²) in [6.07, 6.45) is 4.45. The Morgan fingerprint density at radius 3 is 2.85 bits per heavy atom. The van der Waals surface area contributed by atoms with E-state index in [-0.39, 0.29) is 11.8 Å². The van der Waals surface area contributed by atoms with Crippen molar-refractivity contribution in [3.05, 3.63) is 38.6 Å². The molecule has 0 N–H and O–H groups in total. The summed E-state index contributed by atoms with van der Waals surface area (Å²) in [5.41, 5.74) is 2.43. The van der Waals surface area contributed by atoms with Crippen LogP contribution in [0, 0.1) is 6.92 Å². The predicted molar refractivity (Wildman–Crippen MR) is 82.0 cm³/mol. The summed E-state index contributed by atoms with van der Waals surface area (Å²) in [6.45, 7) is 3.95. The van der Waals surface area contributed by atoms with Gasteiger partial charge in [-0.25, -0.2) is 4.98 Å². The van der Waals surface area contributed by atoms with E-state index < -0.39 is 0 Å². The number of ketones is 1. The second-order valence-electron chi connectivity index (χ2n) is 5.27. The molecule has 0 saturated heterocycles. The van der Waals surface area contributed by atoms with Crippen molar-refractivity contribution in [3.63, 3.8) is 0 Å². The third-order valence-electron chi connectivity index (χ3n) is 3.93. The third-order valence-corrected chi connectivity index (χ3v) is 5.17. The highest BCUT2D eigenvalue weighted by molar-refractivity contribution is 7.18. The summed E-state index contributed by atoms with van der Waals surface area (Å²) in [5, 5.41) is 0. The van der Waals surface area contributed by atoms with Crippen molar-refractivity contribution in [1.82, 2.24) is 9.55 Å². The summed E-state index contributed by atoms with van der Waals surface area (Å²) in [7, 11) is 0. The molecule has 2 aromatic rings. The highest BCUT2D eigenvalue weighted by Crippen LogP contribution is 2.29. The Morgan fingerprint density at radius 1 is 1.40 bits per heavy atom. The first-order chi connectivity index (χ1) is 9.58. The first-order valence-electron chi connectivity index (χ1n) is 6.94. The van der Waals surface area contributed by atoms with Crippen LogP contribution in [-0.2, 0) is 12.8 Å². The van der Waals surface area contributed by atoms with Crippen molar-refractivity contribution in [3.8, 4) is 0 Å². The second-order valence-corrected chi connectivity index (χ2v) is 6.99. The Bertz CT molecular complexity index is 659. The van der Waals surface area contributed by atoms with E-state index in [1.807, 2.05) is 19.9 Å². The smallest absolute Gasteiger partial charge is 0.195 e. The number of thiophene rings is 1. The number of nitrogens with zero attached hydrogens (tertiary/aromatic N) is 2. The van der Waals surface area contributed by atoms with Crippen LogP contribution in [0.2, 0.25) is 4.34 Å². The number of imidazole rings is 1. The summed E-state index contributed by atoms with van der Waals surface area (Å²) in [4.78, 5) is 18.0. The Kier molecular flexibility index (Phi) is 3.69. The molecular weight excluding hydrogens is 292 g/mol. The van der Waals surface area contributed by atoms with Gasteiger partial charge in [0.05, 0.1) is 20.9 Å². The second kappa shape index (κ2) is 5.34. The highest BCUT2D eigenvalue weighted by Gasteiger charge is 2.26. The van der Waals surface area contributed by atoms with Crippen molar-refractivity contribution in [2.24, 2.45) is 0 Å². The third kappa shape index (κ3) is 2.31. The fourth-order valence-electron chi connectivity index (χ4n) is 2.98. The van der Waals surface area contributed by atoms with Gasteiger partial charge in [-0.05, 0) is 51.7 Å². The zero-order valence-corrected chi connectivity index (χ0v) is 13.2. The summed E-state index contributed by atoms with van der Waals surface area (Å²) < 4.78 is 2.77. The van der Waals surface area contributed by atoms with Crippen LogP contribution in [0.3, 0.4) is 0 Å². The first-order valence-corrected chi connectivity index (χ1v) is 8.13. The van der Waals surface area contributed by atoms with Crippen molar-refractivity contribution in [2.45, 2.75) is 45.6 Å². The van der Waals surface area contributed by atoms with Gasteiger partial charge in [-0.2, -0.15) is 0 Å². The molecule has 0 bridgehead atoms. The maximum absolute atomic E-state index is 12.6. The van der Waals surface area contributed by atoms with Crippen LogP contribution in [0.5, 0.6) is 0 Å². The molecule has 1 aliphatic rings. The molecule has 5 heteroatoms. The van der Waals surface area contributed by atoms with Gasteiger partial charge in [-0.3, -0.25) is 4.79 Å². The Morgan fingerprint density at radius 2 is 2.15 bits per heavy atom. The van der Waals surface area contributed by atoms with Crippen LogP contribution in [0.15, 0.2) is 12.1 Å². The number of aryl methyl sites for hydroxylation is 2. The van der Waals surface area contributed by atoms with Crippen LogP contribution in [0.25, 0.3) is 0 Å². The minimum absolute atomic E-state index is 0.121. The van der Waals surface area contributed by atoms with E-state index >= 15 is 0 Å². The summed E-state index contributed by atoms with van der Waals surface area (Å²) in [6, 6.07) is 3.38. The standard InChI is InChI=1S/C15H17ClN2OS/c1-9(15(19)13-7-8-14(16)20-13)18-10(2)17-11-5-3-4-6-12(11)18/h7-9H,3-6H2,1-2H3. The molecule has 1 aliphatic carbocycles. The predicted octanol–water partition coefficient (Wildman–Crippen LogP) is 4.23. The van der Waals surface area contributed by atoms with Gasteiger partial charge in [0.1, 0.15) is 5.82 Å². The number of aromatic nitrogens is 2. The van der Waals surface area contributed by atoms with E-state index in [0.29, 0.717) is 4.34 Å². The van der Waals surface area contributed by atoms with Crippen LogP contribution >= 0.6 is 22.9 Å². The molecule has 0 aliphatic heterocycles. The maximum Gasteiger partial charge on any atom is 0.195 e. The fraction of sp³-hybridized carbons (Fsp3) is 0.467. The molecule has 2 aromatic heterocycles. The van der Waals surface area contributed by atoms with Gasteiger partial charge in [0.25, 0.3) is 0 Å². The Hall–Kier alpha value is -1.13. The Balaban J connectivity index is 1.96. The van der Waals surface area contributed by atoms with Crippen LogP contribution < -0.4 is 0 Å². The van der Waals surface area contributed by atoms with E-state index in [1.54, 1.807) is 6.07 Å². The highest BCUT2D eigenvalue weighted by atomic mass is 35.5. The van der Waals surface area contributed by atoms with Crippen LogP contribution in [0.1, 0.15) is 52.7 Å². The molecule has 0 amide bonds. The molecule has 0 spiro atoms. The van der Waals surface area contributed by atoms with Gasteiger partial charge in [-0.15, -0.1) is 11.3 Å². The molecule has 20 heavy (non-hydrogen) atoms. The molecule has 2 heterocycles. The Labute approximate surface area is 127 Å². The average molecular weight is 309 g/mol. The molecule has 0 aromatic carbocycles. The lowest BCUT2D eigenvalue weighted by Gasteiger charge is -2.19. The van der Waals surface area contributed by atoms with Crippen molar-refractivity contribution in [2.75, 3.05) is 0 Å². The van der Waals surface area contributed by atoms with Crippen LogP contribution in [-0.4, -0.2) is 15.3 Å². The van der Waals surface area contributed by atoms with E-state index in [1.165, 1.54) is 35.6 Å². The minimum Gasteiger partial charge on any atom is -0.321 e. The minimum atomic E-state index is -0.209. The number of halogens is 1. The van der Waals surface area contributed by atoms with Gasteiger partial charge in [-0.1, -0.05) is 11.6 Å². The lowest BCUT2D eigenvalue weighted by Crippen LogP contribution is -2.20. The average Bonchev–Trinajstić information content (AvgIpc) is 2.99. The van der Waals surface area contributed by atoms with Gasteiger partial charge in [0.2, 0.25) is 0 Å². The molecular formula is C15H17ClN2OS. The van der Waals surface area contributed by atoms with Crippen molar-refractivity contribution in [1.29, 1.82) is 0 Å². The SMILES string of the molecule is Cc1nc2c(n1C(C)C(=O)c1ccc(Cl)s1)CCCC2. The van der Waals surface area contributed by atoms with Gasteiger partial charge < -0.3 is 4.57 Å². The molecule has 1 unspecified atom stereocenters. The number of carbonyl (C=O) groups is 1. The number of hydrogen-bond donors (Lipinski definition) is 0. The van der Waals surface area contributed by atoms with Crippen molar-refractivity contribution >= 4 is 28.7 Å². The number of hydrogen-bond acceptors (Lipinski definition) is 3. The number of Topliss-reactive ketones (excluding diaryl/α,β-unsaturated/α-hetero) is 1. The lowest BCUT2D eigenvalue weighted by molar-refractivity contribution is 0.0936. The number of carbonyl (C=O) groups excluding carboxylic acids is 1. The van der Waals surface area contributed by atoms with Gasteiger partial charge in [0, 0.05) is 5.69 Å². The summed E-state index contributed by atoms with van der Waals surface area (Å²) >= 11 is 7.27.